The molecule has 1 unspecified atom stereocenters. The second kappa shape index (κ2) is 6.27. The zero-order valence-electron chi connectivity index (χ0n) is 9.43. The molecular weight excluding hydrogens is 240 g/mol. The maximum absolute atomic E-state index is 11.2. The van der Waals surface area contributed by atoms with Gasteiger partial charge in [0.2, 0.25) is 0 Å². The smallest absolute Gasteiger partial charge is 0.407 e. The number of benzene rings is 1. The number of nitrogens with two attached hydrogens (primary N) is 1. The highest BCUT2D eigenvalue weighted by Gasteiger charge is 2.03. The van der Waals surface area contributed by atoms with Crippen LogP contribution in [0.15, 0.2) is 30.3 Å². The van der Waals surface area contributed by atoms with Crippen LogP contribution in [0, 0.1) is 0 Å². The van der Waals surface area contributed by atoms with E-state index in [1.165, 1.54) is 0 Å². The Hall–Kier alpha value is -1.53. The summed E-state index contributed by atoms with van der Waals surface area (Å²) in [4.78, 5) is 11.2. The van der Waals surface area contributed by atoms with Crippen molar-refractivity contribution in [2.24, 2.45) is 5.14 Å². The van der Waals surface area contributed by atoms with Crippen LogP contribution in [0.25, 0.3) is 0 Å². The molecule has 94 valence electrons. The number of nitrogens with one attached hydrogen (secondary N) is 1. The third-order valence-electron chi connectivity index (χ3n) is 1.93. The molecule has 1 amide bonds. The zero-order valence-corrected chi connectivity index (χ0v) is 10.2. The van der Waals surface area contributed by atoms with Crippen molar-refractivity contribution >= 4 is 21.7 Å². The van der Waals surface area contributed by atoms with E-state index in [0.29, 0.717) is 0 Å². The molecule has 0 saturated carbocycles. The van der Waals surface area contributed by atoms with Gasteiger partial charge in [0.15, 0.2) is 0 Å². The normalized spacial score (nSPS) is 13.7. The van der Waals surface area contributed by atoms with Gasteiger partial charge in [-0.05, 0) is 11.4 Å². The molecule has 0 aromatic heterocycles. The number of hydrogen-bond donors (Lipinski definition) is 2. The molecular formula is C11H16N2O3S. The molecule has 3 N–H and O–H groups in total. The van der Waals surface area contributed by atoms with Crippen LogP contribution in [0.5, 0.6) is 0 Å². The molecule has 0 spiro atoms. The van der Waals surface area contributed by atoms with Gasteiger partial charge in [0.1, 0.15) is 6.61 Å². The minimum absolute atomic E-state index is 0.132. The van der Waals surface area contributed by atoms with Gasteiger partial charge in [-0.3, -0.25) is 9.35 Å². The zero-order chi connectivity index (χ0) is 12.7. The van der Waals surface area contributed by atoms with Crippen molar-refractivity contribution in [3.05, 3.63) is 35.9 Å². The van der Waals surface area contributed by atoms with Crippen LogP contribution >= 0.6 is 0 Å². The molecule has 0 radical (unpaired) electrons. The van der Waals surface area contributed by atoms with Crippen molar-refractivity contribution in [2.45, 2.75) is 6.61 Å². The Balaban J connectivity index is 2.22. The quantitative estimate of drug-likeness (QED) is 0.753. The lowest BCUT2D eigenvalue weighted by molar-refractivity contribution is 0.140. The fourth-order valence-electron chi connectivity index (χ4n) is 1.10. The molecule has 0 heterocycles. The number of alkyl carbamates (subject to hydrolysis) is 1. The first-order valence-corrected chi connectivity index (χ1v) is 7.00. The van der Waals surface area contributed by atoms with Gasteiger partial charge in [0, 0.05) is 22.0 Å². The number of carbonyl (C=O) groups excluding carboxylic acids is 1. The first kappa shape index (κ1) is 13.5. The molecule has 0 bridgehead atoms. The molecule has 5 nitrogen and oxygen atoms in total. The van der Waals surface area contributed by atoms with Crippen LogP contribution in [0.2, 0.25) is 0 Å². The molecule has 1 aromatic rings. The molecule has 1 atom stereocenters. The minimum atomic E-state index is -2.56. The van der Waals surface area contributed by atoms with Crippen LogP contribution in [0.4, 0.5) is 4.79 Å². The maximum atomic E-state index is 11.2. The van der Waals surface area contributed by atoms with Gasteiger partial charge in [-0.2, -0.15) is 0 Å². The summed E-state index contributed by atoms with van der Waals surface area (Å²) in [5, 5.41) is 7.66. The van der Waals surface area contributed by atoms with Crippen molar-refractivity contribution in [1.82, 2.24) is 5.32 Å². The van der Waals surface area contributed by atoms with Crippen LogP contribution < -0.4 is 10.5 Å². The average Bonchev–Trinajstić information content (AvgIpc) is 2.26. The summed E-state index contributed by atoms with van der Waals surface area (Å²) in [7, 11) is -2.56. The lowest BCUT2D eigenvalue weighted by Crippen LogP contribution is -2.31. The number of amides is 1. The summed E-state index contributed by atoms with van der Waals surface area (Å²) >= 11 is 0. The average molecular weight is 256 g/mol. The molecule has 0 aliphatic rings. The van der Waals surface area contributed by atoms with E-state index in [1.807, 2.05) is 30.3 Å². The minimum Gasteiger partial charge on any atom is -0.445 e. The molecule has 0 aliphatic carbocycles. The van der Waals surface area contributed by atoms with Crippen LogP contribution in [0.1, 0.15) is 5.56 Å². The summed E-state index contributed by atoms with van der Waals surface area (Å²) in [5.41, 5.74) is 0.905. The van der Waals surface area contributed by atoms with E-state index >= 15 is 0 Å². The van der Waals surface area contributed by atoms with Crippen LogP contribution in [0.3, 0.4) is 0 Å². The lowest BCUT2D eigenvalue weighted by Gasteiger charge is -2.07. The second-order valence-corrected chi connectivity index (χ2v) is 5.71. The fraction of sp³-hybridized carbons (Fsp3) is 0.273. The molecule has 0 saturated heterocycles. The predicted molar refractivity (Wildman–Crippen MR) is 68.9 cm³/mol. The Bertz CT molecular complexity index is 457. The predicted octanol–water partition coefficient (Wildman–Crippen LogP) is 0.503. The van der Waals surface area contributed by atoms with Gasteiger partial charge in [0.05, 0.1) is 0 Å². The highest BCUT2D eigenvalue weighted by Crippen LogP contribution is 2.00. The summed E-state index contributed by atoms with van der Waals surface area (Å²) in [6.07, 6.45) is -0.558. The molecule has 1 rings (SSSR count). The molecule has 0 fully saturated rings. The molecule has 6 heteroatoms. The van der Waals surface area contributed by atoms with E-state index in [0.717, 1.165) is 5.56 Å². The van der Waals surface area contributed by atoms with E-state index in [4.69, 9.17) is 9.88 Å². The van der Waals surface area contributed by atoms with Gasteiger partial charge >= 0.3 is 6.09 Å². The molecule has 17 heavy (non-hydrogen) atoms. The third kappa shape index (κ3) is 6.60. The van der Waals surface area contributed by atoms with E-state index < -0.39 is 15.8 Å². The number of carbonyl (C=O) groups is 1. The van der Waals surface area contributed by atoms with Gasteiger partial charge < -0.3 is 10.1 Å². The first-order valence-electron chi connectivity index (χ1n) is 5.04. The van der Waals surface area contributed by atoms with Crippen molar-refractivity contribution in [2.75, 3.05) is 12.3 Å². The van der Waals surface area contributed by atoms with Crippen LogP contribution in [-0.2, 0) is 21.1 Å². The van der Waals surface area contributed by atoms with E-state index in [9.17, 15) is 9.00 Å². The second-order valence-electron chi connectivity index (χ2n) is 3.56. The largest absolute Gasteiger partial charge is 0.445 e. The Morgan fingerprint density at radius 3 is 2.65 bits per heavy atom. The monoisotopic (exact) mass is 256 g/mol. The molecule has 0 aliphatic heterocycles. The van der Waals surface area contributed by atoms with Gasteiger partial charge in [-0.1, -0.05) is 30.3 Å². The Morgan fingerprint density at radius 2 is 2.06 bits per heavy atom. The standard InChI is InChI=1S/C11H16N2O3S/c1-17(12,15)8-7-13-11(14)16-9-10-5-3-2-4-6-10/h2-6H,1,7-9H2,(H2,12,15)(H,13,14). The summed E-state index contributed by atoms with van der Waals surface area (Å²) in [6, 6.07) is 9.33. The highest BCUT2D eigenvalue weighted by atomic mass is 32.2. The number of ether oxygens (including phenoxy) is 1. The van der Waals surface area contributed by atoms with Crippen molar-refractivity contribution in [3.63, 3.8) is 0 Å². The number of hydrogen-bond acceptors (Lipinski definition) is 3. The fourth-order valence-corrected chi connectivity index (χ4v) is 1.55. The highest BCUT2D eigenvalue weighted by molar-refractivity contribution is 7.98. The Labute approximate surface area is 101 Å². The summed E-state index contributed by atoms with van der Waals surface area (Å²) in [6.45, 7) is 0.390. The maximum Gasteiger partial charge on any atom is 0.407 e. The topological polar surface area (TPSA) is 81.4 Å². The lowest BCUT2D eigenvalue weighted by atomic mass is 10.2. The van der Waals surface area contributed by atoms with Crippen LogP contribution in [-0.4, -0.2) is 28.5 Å². The number of rotatable bonds is 5. The van der Waals surface area contributed by atoms with Crippen molar-refractivity contribution in [1.29, 1.82) is 0 Å². The van der Waals surface area contributed by atoms with Gasteiger partial charge in [-0.15, -0.1) is 0 Å². The SMILES string of the molecule is C=S(N)(=O)CCNC(=O)OCc1ccccc1. The van der Waals surface area contributed by atoms with Crippen molar-refractivity contribution < 1.29 is 13.7 Å². The van der Waals surface area contributed by atoms with Crippen molar-refractivity contribution in [3.8, 4) is 0 Å². The Kier molecular flexibility index (Phi) is 4.99. The summed E-state index contributed by atoms with van der Waals surface area (Å²) in [5.74, 6) is 3.41. The molecule has 1 aromatic carbocycles. The summed E-state index contributed by atoms with van der Waals surface area (Å²) < 4.78 is 16.0. The third-order valence-corrected chi connectivity index (χ3v) is 2.82. The van der Waals surface area contributed by atoms with E-state index in [-0.39, 0.29) is 18.9 Å². The van der Waals surface area contributed by atoms with Gasteiger partial charge in [-0.25, -0.2) is 4.79 Å². The van der Waals surface area contributed by atoms with Gasteiger partial charge in [0.25, 0.3) is 0 Å². The van der Waals surface area contributed by atoms with E-state index in [1.54, 1.807) is 0 Å². The first-order chi connectivity index (χ1) is 7.97. The van der Waals surface area contributed by atoms with E-state index in [2.05, 4.69) is 11.2 Å². The Morgan fingerprint density at radius 1 is 1.41 bits per heavy atom.